The molecule has 0 atom stereocenters. The summed E-state index contributed by atoms with van der Waals surface area (Å²) < 4.78 is 45.8. The van der Waals surface area contributed by atoms with Crippen molar-refractivity contribution in [2.45, 2.75) is 17.7 Å². The number of rotatable bonds is 6. The molecule has 0 aliphatic carbocycles. The lowest BCUT2D eigenvalue weighted by molar-refractivity contribution is -0.119. The molecule has 0 spiro atoms. The van der Waals surface area contributed by atoms with E-state index in [0.717, 1.165) is 12.5 Å². The predicted octanol–water partition coefficient (Wildman–Crippen LogP) is 2.75. The third-order valence-corrected chi connectivity index (χ3v) is 5.75. The Morgan fingerprint density at radius 3 is 2.67 bits per heavy atom. The van der Waals surface area contributed by atoms with E-state index in [0.29, 0.717) is 18.8 Å². The summed E-state index contributed by atoms with van der Waals surface area (Å²) in [5.74, 6) is -2.31. The molecule has 1 aliphatic heterocycles. The number of nitrogens with zero attached hydrogens (tertiary/aromatic N) is 1. The van der Waals surface area contributed by atoms with Crippen LogP contribution in [0.15, 0.2) is 52.4 Å². The van der Waals surface area contributed by atoms with E-state index in [9.17, 15) is 22.4 Å². The second kappa shape index (κ2) is 9.23. The maximum Gasteiger partial charge on any atom is 0.343 e. The van der Waals surface area contributed by atoms with Gasteiger partial charge < -0.3 is 10.1 Å². The number of esters is 1. The van der Waals surface area contributed by atoms with Crippen LogP contribution in [0.1, 0.15) is 23.2 Å². The van der Waals surface area contributed by atoms with Crippen LogP contribution in [0.3, 0.4) is 0 Å². The van der Waals surface area contributed by atoms with Crippen LogP contribution in [-0.2, 0) is 19.6 Å². The van der Waals surface area contributed by atoms with Crippen molar-refractivity contribution in [1.29, 1.82) is 0 Å². The number of aliphatic imine (C=N–C) groups is 1. The number of hydrogen-bond acceptors (Lipinski definition) is 6. The summed E-state index contributed by atoms with van der Waals surface area (Å²) in [6.07, 6.45) is 1.33. The van der Waals surface area contributed by atoms with Crippen molar-refractivity contribution in [3.05, 3.63) is 58.9 Å². The fourth-order valence-electron chi connectivity index (χ4n) is 2.67. The number of anilines is 1. The number of carbonyl (C=O) groups is 2. The van der Waals surface area contributed by atoms with E-state index >= 15 is 0 Å². The van der Waals surface area contributed by atoms with E-state index < -0.39 is 39.9 Å². The molecule has 158 valence electrons. The van der Waals surface area contributed by atoms with Crippen molar-refractivity contribution in [3.63, 3.8) is 0 Å². The number of ether oxygens (including phenoxy) is 1. The van der Waals surface area contributed by atoms with Gasteiger partial charge in [0.2, 0.25) is 0 Å². The van der Waals surface area contributed by atoms with Crippen molar-refractivity contribution in [1.82, 2.24) is 4.72 Å². The average Bonchev–Trinajstić information content (AvgIpc) is 3.19. The van der Waals surface area contributed by atoms with Crippen molar-refractivity contribution < 1.29 is 27.1 Å². The van der Waals surface area contributed by atoms with Gasteiger partial charge in [-0.15, -0.1) is 0 Å². The van der Waals surface area contributed by atoms with Gasteiger partial charge in [-0.25, -0.2) is 17.6 Å². The van der Waals surface area contributed by atoms with Crippen LogP contribution in [-0.4, -0.2) is 39.3 Å². The zero-order valence-corrected chi connectivity index (χ0v) is 17.1. The quantitative estimate of drug-likeness (QED) is 0.653. The number of carbonyl (C=O) groups excluding carboxylic acids is 2. The molecule has 1 amide bonds. The lowest BCUT2D eigenvalue weighted by Crippen LogP contribution is -2.29. The third kappa shape index (κ3) is 5.33. The Kier molecular flexibility index (Phi) is 6.68. The molecule has 2 aromatic carbocycles. The van der Waals surface area contributed by atoms with Crippen molar-refractivity contribution >= 4 is 45.0 Å². The van der Waals surface area contributed by atoms with E-state index in [1.807, 2.05) is 0 Å². The lowest BCUT2D eigenvalue weighted by Gasteiger charge is -2.10. The van der Waals surface area contributed by atoms with Gasteiger partial charge in [0.15, 0.2) is 6.61 Å². The monoisotopic (exact) mass is 453 g/mol. The summed E-state index contributed by atoms with van der Waals surface area (Å²) in [5, 5.41) is 2.28. The summed E-state index contributed by atoms with van der Waals surface area (Å²) >= 11 is 5.78. The number of sulfonamides is 1. The molecule has 30 heavy (non-hydrogen) atoms. The minimum absolute atomic E-state index is 0.0648. The molecule has 1 aliphatic rings. The Morgan fingerprint density at radius 1 is 1.20 bits per heavy atom. The SMILES string of the molecule is O=C(COC(=O)c1c(F)cccc1Cl)Nc1cccc(S(=O)(=O)NC2=NCCC2)c1. The molecular weight excluding hydrogens is 437 g/mol. The number of hydrogen-bond donors (Lipinski definition) is 2. The Morgan fingerprint density at radius 2 is 1.97 bits per heavy atom. The fourth-order valence-corrected chi connectivity index (χ4v) is 4.05. The topological polar surface area (TPSA) is 114 Å². The van der Waals surface area contributed by atoms with Crippen molar-refractivity contribution in [2.75, 3.05) is 18.5 Å². The van der Waals surface area contributed by atoms with Crippen molar-refractivity contribution in [3.8, 4) is 0 Å². The number of halogens is 2. The first-order valence-electron chi connectivity index (χ1n) is 8.83. The summed E-state index contributed by atoms with van der Waals surface area (Å²) in [7, 11) is -3.85. The van der Waals surface area contributed by atoms with Gasteiger partial charge in [0.1, 0.15) is 17.2 Å². The smallest absolute Gasteiger partial charge is 0.343 e. The molecule has 0 bridgehead atoms. The van der Waals surface area contributed by atoms with Gasteiger partial charge in [-0.2, -0.15) is 0 Å². The Balaban J connectivity index is 1.62. The van der Waals surface area contributed by atoms with E-state index in [1.165, 1.54) is 36.4 Å². The molecule has 3 rings (SSSR count). The summed E-state index contributed by atoms with van der Waals surface area (Å²) in [6.45, 7) is -0.139. The number of benzene rings is 2. The molecule has 2 N–H and O–H groups in total. The summed E-state index contributed by atoms with van der Waals surface area (Å²) in [6, 6.07) is 9.23. The second-order valence-corrected chi connectivity index (χ2v) is 8.38. The number of nitrogens with one attached hydrogen (secondary N) is 2. The largest absolute Gasteiger partial charge is 0.452 e. The first-order chi connectivity index (χ1) is 14.3. The van der Waals surface area contributed by atoms with Crippen LogP contribution < -0.4 is 10.0 Å². The van der Waals surface area contributed by atoms with Gasteiger partial charge in [0.05, 0.1) is 9.92 Å². The molecule has 0 fully saturated rings. The minimum Gasteiger partial charge on any atom is -0.452 e. The van der Waals surface area contributed by atoms with Crippen LogP contribution in [0.25, 0.3) is 0 Å². The normalized spacial score (nSPS) is 13.5. The van der Waals surface area contributed by atoms with E-state index in [2.05, 4.69) is 15.0 Å². The van der Waals surface area contributed by atoms with Gasteiger partial charge in [-0.1, -0.05) is 23.7 Å². The van der Waals surface area contributed by atoms with Crippen LogP contribution in [0, 0.1) is 5.82 Å². The second-order valence-electron chi connectivity index (χ2n) is 6.29. The van der Waals surface area contributed by atoms with Gasteiger partial charge in [0.25, 0.3) is 15.9 Å². The standard InChI is InChI=1S/C19H17ClFN3O5S/c20-14-6-2-7-15(21)18(14)19(26)29-11-17(25)23-12-4-1-5-13(10-12)30(27,28)24-16-8-3-9-22-16/h1-2,4-7,10H,3,8-9,11H2,(H,22,24)(H,23,25). The molecule has 1 heterocycles. The minimum atomic E-state index is -3.85. The highest BCUT2D eigenvalue weighted by Crippen LogP contribution is 2.20. The molecule has 11 heteroatoms. The number of amides is 1. The Hall–Kier alpha value is -2.98. The van der Waals surface area contributed by atoms with E-state index in [-0.39, 0.29) is 15.6 Å². The van der Waals surface area contributed by atoms with E-state index in [1.54, 1.807) is 0 Å². The molecule has 2 aromatic rings. The fraction of sp³-hybridized carbons (Fsp3) is 0.211. The molecule has 0 radical (unpaired) electrons. The van der Waals surface area contributed by atoms with Gasteiger partial charge >= 0.3 is 5.97 Å². The van der Waals surface area contributed by atoms with Gasteiger partial charge in [0, 0.05) is 18.7 Å². The lowest BCUT2D eigenvalue weighted by atomic mass is 10.2. The third-order valence-electron chi connectivity index (χ3n) is 4.06. The molecule has 0 unspecified atom stereocenters. The van der Waals surface area contributed by atoms with Crippen LogP contribution in [0.2, 0.25) is 5.02 Å². The Bertz CT molecular complexity index is 1100. The van der Waals surface area contributed by atoms with Gasteiger partial charge in [-0.05, 0) is 36.8 Å². The molecule has 0 saturated carbocycles. The Labute approximate surface area is 177 Å². The molecular formula is C19H17ClFN3O5S. The van der Waals surface area contributed by atoms with E-state index in [4.69, 9.17) is 16.3 Å². The van der Waals surface area contributed by atoms with Crippen LogP contribution >= 0.6 is 11.6 Å². The van der Waals surface area contributed by atoms with Crippen molar-refractivity contribution in [2.24, 2.45) is 4.99 Å². The highest BCUT2D eigenvalue weighted by atomic mass is 35.5. The first kappa shape index (κ1) is 21.7. The predicted molar refractivity (Wildman–Crippen MR) is 109 cm³/mol. The van der Waals surface area contributed by atoms with Crippen LogP contribution in [0.4, 0.5) is 10.1 Å². The van der Waals surface area contributed by atoms with Gasteiger partial charge in [-0.3, -0.25) is 14.5 Å². The number of amidine groups is 1. The molecule has 0 aromatic heterocycles. The highest BCUT2D eigenvalue weighted by Gasteiger charge is 2.20. The zero-order valence-electron chi connectivity index (χ0n) is 15.5. The summed E-state index contributed by atoms with van der Waals surface area (Å²) in [4.78, 5) is 28.0. The van der Waals surface area contributed by atoms with Crippen LogP contribution in [0.5, 0.6) is 0 Å². The molecule has 8 nitrogen and oxygen atoms in total. The average molecular weight is 454 g/mol. The maximum atomic E-state index is 13.7. The summed E-state index contributed by atoms with van der Waals surface area (Å²) in [5.41, 5.74) is -0.294. The maximum absolute atomic E-state index is 13.7. The first-order valence-corrected chi connectivity index (χ1v) is 10.7. The molecule has 0 saturated heterocycles. The zero-order chi connectivity index (χ0) is 21.7. The highest BCUT2D eigenvalue weighted by molar-refractivity contribution is 7.90.